The van der Waals surface area contributed by atoms with Crippen LogP contribution < -0.4 is 5.73 Å². The molecule has 0 spiro atoms. The van der Waals surface area contributed by atoms with E-state index in [-0.39, 0.29) is 12.6 Å². The molecule has 0 amide bonds. The van der Waals surface area contributed by atoms with E-state index in [2.05, 4.69) is 10.3 Å². The highest BCUT2D eigenvalue weighted by atomic mass is 16.3. The summed E-state index contributed by atoms with van der Waals surface area (Å²) in [6.07, 6.45) is 2.28. The summed E-state index contributed by atoms with van der Waals surface area (Å²) in [6, 6.07) is -0.200. The van der Waals surface area contributed by atoms with Gasteiger partial charge in [-0.1, -0.05) is 5.21 Å². The first-order valence-electron chi connectivity index (χ1n) is 3.46. The van der Waals surface area contributed by atoms with Gasteiger partial charge in [-0.25, -0.2) is 0 Å². The molecule has 0 radical (unpaired) electrons. The number of nitrogens with two attached hydrogens (primary N) is 1. The molecular formula is C6H12N4O. The van der Waals surface area contributed by atoms with E-state index in [1.807, 2.05) is 0 Å². The van der Waals surface area contributed by atoms with Gasteiger partial charge in [0.2, 0.25) is 0 Å². The highest BCUT2D eigenvalue weighted by Gasteiger charge is 2.07. The van der Waals surface area contributed by atoms with Crippen molar-refractivity contribution in [3.05, 3.63) is 11.9 Å². The van der Waals surface area contributed by atoms with Crippen LogP contribution in [0.3, 0.4) is 0 Å². The molecule has 0 aliphatic carbocycles. The van der Waals surface area contributed by atoms with Gasteiger partial charge in [-0.05, 0) is 6.42 Å². The Morgan fingerprint density at radius 1 is 1.82 bits per heavy atom. The molecule has 5 nitrogen and oxygen atoms in total. The SMILES string of the molecule is Cn1cc([C@H](N)CCO)nn1. The van der Waals surface area contributed by atoms with E-state index in [9.17, 15) is 0 Å². The lowest BCUT2D eigenvalue weighted by molar-refractivity contribution is 0.275. The van der Waals surface area contributed by atoms with Crippen molar-refractivity contribution < 1.29 is 5.11 Å². The van der Waals surface area contributed by atoms with Crippen molar-refractivity contribution in [1.29, 1.82) is 0 Å². The molecule has 0 aliphatic heterocycles. The standard InChI is InChI=1S/C6H12N4O/c1-10-4-6(8-9-10)5(7)2-3-11/h4-5,11H,2-3,7H2,1H3/t5-/m1/s1. The fourth-order valence-electron chi connectivity index (χ4n) is 0.822. The smallest absolute Gasteiger partial charge is 0.0994 e. The van der Waals surface area contributed by atoms with Gasteiger partial charge in [0.15, 0.2) is 0 Å². The van der Waals surface area contributed by atoms with Crippen molar-refractivity contribution in [2.75, 3.05) is 6.61 Å². The van der Waals surface area contributed by atoms with Crippen molar-refractivity contribution >= 4 is 0 Å². The van der Waals surface area contributed by atoms with Crippen LogP contribution in [0.1, 0.15) is 18.2 Å². The van der Waals surface area contributed by atoms with Gasteiger partial charge in [-0.15, -0.1) is 5.10 Å². The molecule has 0 aliphatic rings. The van der Waals surface area contributed by atoms with E-state index in [1.165, 1.54) is 0 Å². The third-order valence-electron chi connectivity index (χ3n) is 1.44. The summed E-state index contributed by atoms with van der Waals surface area (Å²) < 4.78 is 1.59. The number of rotatable bonds is 3. The van der Waals surface area contributed by atoms with Gasteiger partial charge in [0.05, 0.1) is 11.7 Å². The van der Waals surface area contributed by atoms with Gasteiger partial charge >= 0.3 is 0 Å². The number of aryl methyl sites for hydroxylation is 1. The average molecular weight is 156 g/mol. The lowest BCUT2D eigenvalue weighted by Gasteiger charge is -2.03. The first kappa shape index (κ1) is 8.16. The second-order valence-electron chi connectivity index (χ2n) is 2.44. The minimum atomic E-state index is -0.200. The predicted molar refractivity (Wildman–Crippen MR) is 39.6 cm³/mol. The van der Waals surface area contributed by atoms with Crippen molar-refractivity contribution in [2.45, 2.75) is 12.5 Å². The Morgan fingerprint density at radius 3 is 3.00 bits per heavy atom. The largest absolute Gasteiger partial charge is 0.396 e. The molecule has 0 fully saturated rings. The Kier molecular flexibility index (Phi) is 2.56. The molecule has 1 atom stereocenters. The third-order valence-corrected chi connectivity index (χ3v) is 1.44. The van der Waals surface area contributed by atoms with E-state index in [4.69, 9.17) is 10.8 Å². The zero-order valence-corrected chi connectivity index (χ0v) is 6.44. The molecule has 0 saturated carbocycles. The van der Waals surface area contributed by atoms with E-state index in [0.717, 1.165) is 5.69 Å². The predicted octanol–water partition coefficient (Wildman–Crippen LogP) is -0.803. The summed E-state index contributed by atoms with van der Waals surface area (Å²) in [5.41, 5.74) is 6.37. The van der Waals surface area contributed by atoms with Crippen LogP contribution in [0, 0.1) is 0 Å². The molecule has 1 aromatic rings. The second kappa shape index (κ2) is 3.45. The summed E-state index contributed by atoms with van der Waals surface area (Å²) in [5.74, 6) is 0. The molecule has 62 valence electrons. The number of nitrogens with zero attached hydrogens (tertiary/aromatic N) is 3. The van der Waals surface area contributed by atoms with E-state index in [0.29, 0.717) is 6.42 Å². The lowest BCUT2D eigenvalue weighted by atomic mass is 10.2. The molecule has 0 bridgehead atoms. The maximum atomic E-state index is 8.57. The summed E-state index contributed by atoms with van der Waals surface area (Å²) in [6.45, 7) is 0.0811. The first-order chi connectivity index (χ1) is 5.24. The summed E-state index contributed by atoms with van der Waals surface area (Å²) in [5, 5.41) is 16.1. The van der Waals surface area contributed by atoms with Crippen LogP contribution >= 0.6 is 0 Å². The molecule has 1 aromatic heterocycles. The van der Waals surface area contributed by atoms with Crippen LogP contribution in [0.4, 0.5) is 0 Å². The minimum absolute atomic E-state index is 0.0811. The number of aliphatic hydroxyl groups is 1. The van der Waals surface area contributed by atoms with Crippen LogP contribution in [-0.4, -0.2) is 26.7 Å². The summed E-state index contributed by atoms with van der Waals surface area (Å²) in [4.78, 5) is 0. The molecule has 1 rings (SSSR count). The Hall–Kier alpha value is -0.940. The minimum Gasteiger partial charge on any atom is -0.396 e. The van der Waals surface area contributed by atoms with Crippen molar-refractivity contribution in [3.8, 4) is 0 Å². The van der Waals surface area contributed by atoms with Crippen molar-refractivity contribution in [3.63, 3.8) is 0 Å². The molecule has 11 heavy (non-hydrogen) atoms. The van der Waals surface area contributed by atoms with Crippen molar-refractivity contribution in [2.24, 2.45) is 12.8 Å². The van der Waals surface area contributed by atoms with Crippen LogP contribution in [-0.2, 0) is 7.05 Å². The van der Waals surface area contributed by atoms with Gasteiger partial charge in [0.1, 0.15) is 0 Å². The van der Waals surface area contributed by atoms with Crippen LogP contribution in [0.2, 0.25) is 0 Å². The van der Waals surface area contributed by atoms with Crippen LogP contribution in [0.25, 0.3) is 0 Å². The van der Waals surface area contributed by atoms with E-state index < -0.39 is 0 Å². The van der Waals surface area contributed by atoms with Crippen molar-refractivity contribution in [1.82, 2.24) is 15.0 Å². The van der Waals surface area contributed by atoms with E-state index in [1.54, 1.807) is 17.9 Å². The molecular weight excluding hydrogens is 144 g/mol. The number of aromatic nitrogens is 3. The highest BCUT2D eigenvalue weighted by Crippen LogP contribution is 2.07. The fraction of sp³-hybridized carbons (Fsp3) is 0.667. The Bertz CT molecular complexity index is 222. The number of hydrogen-bond donors (Lipinski definition) is 2. The topological polar surface area (TPSA) is 77.0 Å². The normalized spacial score (nSPS) is 13.4. The lowest BCUT2D eigenvalue weighted by Crippen LogP contribution is -2.12. The van der Waals surface area contributed by atoms with E-state index >= 15 is 0 Å². The third kappa shape index (κ3) is 1.99. The second-order valence-corrected chi connectivity index (χ2v) is 2.44. The van der Waals surface area contributed by atoms with Crippen LogP contribution in [0.5, 0.6) is 0 Å². The number of aliphatic hydroxyl groups excluding tert-OH is 1. The zero-order valence-electron chi connectivity index (χ0n) is 6.44. The average Bonchev–Trinajstić information content (AvgIpc) is 2.36. The Labute approximate surface area is 64.8 Å². The van der Waals surface area contributed by atoms with Gasteiger partial charge in [0, 0.05) is 19.9 Å². The number of hydrogen-bond acceptors (Lipinski definition) is 4. The quantitative estimate of drug-likeness (QED) is 0.600. The Balaban J connectivity index is 2.60. The van der Waals surface area contributed by atoms with Crippen LogP contribution in [0.15, 0.2) is 6.20 Å². The molecule has 0 saturated heterocycles. The monoisotopic (exact) mass is 156 g/mol. The summed E-state index contributed by atoms with van der Waals surface area (Å²) in [7, 11) is 1.78. The Morgan fingerprint density at radius 2 is 2.55 bits per heavy atom. The maximum Gasteiger partial charge on any atom is 0.0994 e. The molecule has 5 heteroatoms. The molecule has 1 heterocycles. The summed E-state index contributed by atoms with van der Waals surface area (Å²) >= 11 is 0. The molecule has 0 aromatic carbocycles. The van der Waals surface area contributed by atoms with Gasteiger partial charge in [-0.2, -0.15) is 0 Å². The molecule has 0 unspecified atom stereocenters. The molecule has 3 N–H and O–H groups in total. The maximum absolute atomic E-state index is 8.57. The van der Waals surface area contributed by atoms with Gasteiger partial charge in [-0.3, -0.25) is 4.68 Å². The first-order valence-corrected chi connectivity index (χ1v) is 3.46. The fourth-order valence-corrected chi connectivity index (χ4v) is 0.822. The van der Waals surface area contributed by atoms with Gasteiger partial charge in [0.25, 0.3) is 0 Å². The van der Waals surface area contributed by atoms with Gasteiger partial charge < -0.3 is 10.8 Å². The zero-order chi connectivity index (χ0) is 8.27. The highest BCUT2D eigenvalue weighted by molar-refractivity contribution is 4.98.